The third-order valence-corrected chi connectivity index (χ3v) is 6.60. The average Bonchev–Trinajstić information content (AvgIpc) is 3.32. The zero-order chi connectivity index (χ0) is 19.2. The molecule has 27 heavy (non-hydrogen) atoms. The topological polar surface area (TPSA) is 122 Å². The molecular formula is C17H18N4O5S. The Morgan fingerprint density at radius 2 is 2.19 bits per heavy atom. The molecule has 1 saturated heterocycles. The third-order valence-electron chi connectivity index (χ3n) is 4.69. The number of nitrogens with zero attached hydrogens (tertiary/aromatic N) is 2. The van der Waals surface area contributed by atoms with Crippen molar-refractivity contribution in [3.63, 3.8) is 0 Å². The maximum atomic E-state index is 13.1. The number of aromatic nitrogens is 1. The molecule has 0 saturated carbocycles. The molecule has 0 bridgehead atoms. The summed E-state index contributed by atoms with van der Waals surface area (Å²) in [4.78, 5) is 24.2. The predicted molar refractivity (Wildman–Crippen MR) is 95.6 cm³/mol. The Kier molecular flexibility index (Phi) is 4.23. The first-order valence-electron chi connectivity index (χ1n) is 8.53. The van der Waals surface area contributed by atoms with Crippen LogP contribution < -0.4 is 10.6 Å². The van der Waals surface area contributed by atoms with Crippen molar-refractivity contribution >= 4 is 33.3 Å². The van der Waals surface area contributed by atoms with Crippen LogP contribution in [0.25, 0.3) is 0 Å². The molecule has 0 radical (unpaired) electrons. The third kappa shape index (κ3) is 3.21. The highest BCUT2D eigenvalue weighted by Gasteiger charge is 2.40. The van der Waals surface area contributed by atoms with Crippen LogP contribution in [0.15, 0.2) is 33.7 Å². The standard InChI is InChI=1S/C17H18N4O5S/c1-10-7-15(20-26-10)19-17(23)14-3-2-6-21(14)27(24,25)12-4-5-13-11(8-12)9-16(22)18-13/h4-5,7-8,14H,2-3,6,9H2,1H3,(H,18,22)(H,19,20,23)/t14-/m0/s1. The van der Waals surface area contributed by atoms with Crippen molar-refractivity contribution in [3.05, 3.63) is 35.6 Å². The number of carbonyl (C=O) groups is 2. The quantitative estimate of drug-likeness (QED) is 0.811. The lowest BCUT2D eigenvalue weighted by Gasteiger charge is -2.23. The molecule has 2 aliphatic heterocycles. The van der Waals surface area contributed by atoms with Gasteiger partial charge in [0.2, 0.25) is 21.8 Å². The van der Waals surface area contributed by atoms with E-state index in [4.69, 9.17) is 4.52 Å². The van der Waals surface area contributed by atoms with Crippen LogP contribution in [0, 0.1) is 6.92 Å². The SMILES string of the molecule is Cc1cc(NC(=O)[C@@H]2CCCN2S(=O)(=O)c2ccc3c(c2)CC(=O)N3)no1. The van der Waals surface area contributed by atoms with Crippen LogP contribution in [0.4, 0.5) is 11.5 Å². The molecule has 0 spiro atoms. The van der Waals surface area contributed by atoms with Gasteiger partial charge >= 0.3 is 0 Å². The molecule has 1 aromatic heterocycles. The van der Waals surface area contributed by atoms with Gasteiger partial charge < -0.3 is 15.2 Å². The van der Waals surface area contributed by atoms with E-state index >= 15 is 0 Å². The molecule has 1 fully saturated rings. The monoisotopic (exact) mass is 390 g/mol. The molecule has 0 unspecified atom stereocenters. The number of sulfonamides is 1. The fraction of sp³-hybridized carbons (Fsp3) is 0.353. The van der Waals surface area contributed by atoms with E-state index in [2.05, 4.69) is 15.8 Å². The van der Waals surface area contributed by atoms with Crippen LogP contribution in [-0.2, 0) is 26.0 Å². The van der Waals surface area contributed by atoms with Crippen LogP contribution in [0.1, 0.15) is 24.2 Å². The fourth-order valence-corrected chi connectivity index (χ4v) is 5.13. The molecule has 1 aromatic carbocycles. The maximum absolute atomic E-state index is 13.1. The summed E-state index contributed by atoms with van der Waals surface area (Å²) in [6.07, 6.45) is 1.15. The molecule has 9 nitrogen and oxygen atoms in total. The second kappa shape index (κ2) is 6.46. The molecule has 142 valence electrons. The number of nitrogens with one attached hydrogen (secondary N) is 2. The smallest absolute Gasteiger partial charge is 0.244 e. The normalized spacial score (nSPS) is 19.7. The first kappa shape index (κ1) is 17.7. The first-order chi connectivity index (χ1) is 12.8. The summed E-state index contributed by atoms with van der Waals surface area (Å²) in [7, 11) is -3.87. The Morgan fingerprint density at radius 3 is 2.93 bits per heavy atom. The number of hydrogen-bond acceptors (Lipinski definition) is 6. The zero-order valence-electron chi connectivity index (χ0n) is 14.6. The number of aryl methyl sites for hydroxylation is 1. The first-order valence-corrected chi connectivity index (χ1v) is 9.97. The summed E-state index contributed by atoms with van der Waals surface area (Å²) in [6.45, 7) is 1.95. The average molecular weight is 390 g/mol. The van der Waals surface area contributed by atoms with Crippen LogP contribution in [0.5, 0.6) is 0 Å². The Morgan fingerprint density at radius 1 is 1.37 bits per heavy atom. The molecule has 1 atom stereocenters. The van der Waals surface area contributed by atoms with Gasteiger partial charge in [0.05, 0.1) is 11.3 Å². The van der Waals surface area contributed by atoms with Crippen molar-refractivity contribution in [3.8, 4) is 0 Å². The lowest BCUT2D eigenvalue weighted by atomic mass is 10.2. The Hall–Kier alpha value is -2.72. The lowest BCUT2D eigenvalue weighted by Crippen LogP contribution is -2.43. The van der Waals surface area contributed by atoms with Crippen molar-refractivity contribution < 1.29 is 22.5 Å². The second-order valence-electron chi connectivity index (χ2n) is 6.63. The van der Waals surface area contributed by atoms with E-state index in [0.717, 1.165) is 0 Å². The number of anilines is 2. The molecule has 3 heterocycles. The van der Waals surface area contributed by atoms with E-state index in [-0.39, 0.29) is 29.6 Å². The largest absolute Gasteiger partial charge is 0.360 e. The summed E-state index contributed by atoms with van der Waals surface area (Å²) in [6, 6.07) is 5.28. The molecule has 0 aliphatic carbocycles. The van der Waals surface area contributed by atoms with Gasteiger partial charge in [0, 0.05) is 18.3 Å². The molecule has 2 N–H and O–H groups in total. The highest BCUT2D eigenvalue weighted by molar-refractivity contribution is 7.89. The summed E-state index contributed by atoms with van der Waals surface area (Å²) in [5.74, 6) is 0.189. The van der Waals surface area contributed by atoms with Gasteiger partial charge in [-0.3, -0.25) is 9.59 Å². The van der Waals surface area contributed by atoms with Gasteiger partial charge in [-0.2, -0.15) is 4.31 Å². The minimum atomic E-state index is -3.87. The van der Waals surface area contributed by atoms with Gasteiger partial charge in [-0.1, -0.05) is 5.16 Å². The summed E-state index contributed by atoms with van der Waals surface area (Å²) >= 11 is 0. The van der Waals surface area contributed by atoms with Crippen LogP contribution in [0.3, 0.4) is 0 Å². The summed E-state index contributed by atoms with van der Waals surface area (Å²) in [5, 5.41) is 8.98. The molecular weight excluding hydrogens is 372 g/mol. The minimum Gasteiger partial charge on any atom is -0.360 e. The lowest BCUT2D eigenvalue weighted by molar-refractivity contribution is -0.119. The highest BCUT2D eigenvalue weighted by Crippen LogP contribution is 2.31. The van der Waals surface area contributed by atoms with Crippen LogP contribution in [0.2, 0.25) is 0 Å². The van der Waals surface area contributed by atoms with E-state index in [1.165, 1.54) is 16.4 Å². The van der Waals surface area contributed by atoms with Gasteiger partial charge in [0.15, 0.2) is 5.82 Å². The fourth-order valence-electron chi connectivity index (χ4n) is 3.43. The molecule has 10 heteroatoms. The Bertz CT molecular complexity index is 1030. The van der Waals surface area contributed by atoms with E-state index in [1.807, 2.05) is 0 Å². The van der Waals surface area contributed by atoms with E-state index in [9.17, 15) is 18.0 Å². The second-order valence-corrected chi connectivity index (χ2v) is 8.52. The Balaban J connectivity index is 1.58. The minimum absolute atomic E-state index is 0.0785. The van der Waals surface area contributed by atoms with Crippen LogP contribution in [-0.4, -0.2) is 42.3 Å². The number of carbonyl (C=O) groups excluding carboxylic acids is 2. The molecule has 2 aliphatic rings. The van der Waals surface area contributed by atoms with Crippen LogP contribution >= 0.6 is 0 Å². The van der Waals surface area contributed by atoms with Crippen molar-refractivity contribution in [2.45, 2.75) is 37.1 Å². The summed E-state index contributed by atoms with van der Waals surface area (Å²) in [5.41, 5.74) is 1.26. The van der Waals surface area contributed by atoms with E-state index < -0.39 is 22.0 Å². The molecule has 4 rings (SSSR count). The van der Waals surface area contributed by atoms with Gasteiger partial charge in [-0.25, -0.2) is 8.42 Å². The maximum Gasteiger partial charge on any atom is 0.244 e. The van der Waals surface area contributed by atoms with Gasteiger partial charge in [0.25, 0.3) is 0 Å². The van der Waals surface area contributed by atoms with Crippen molar-refractivity contribution in [2.24, 2.45) is 0 Å². The number of benzene rings is 1. The molecule has 2 amide bonds. The zero-order valence-corrected chi connectivity index (χ0v) is 15.4. The van der Waals surface area contributed by atoms with Crippen molar-refractivity contribution in [1.82, 2.24) is 9.46 Å². The Labute approximate surface area is 155 Å². The number of rotatable bonds is 4. The number of fused-ring (bicyclic) bond motifs is 1. The van der Waals surface area contributed by atoms with E-state index in [1.54, 1.807) is 19.1 Å². The highest BCUT2D eigenvalue weighted by atomic mass is 32.2. The predicted octanol–water partition coefficient (Wildman–Crippen LogP) is 1.27. The van der Waals surface area contributed by atoms with E-state index in [0.29, 0.717) is 29.9 Å². The van der Waals surface area contributed by atoms with Gasteiger partial charge in [0.1, 0.15) is 11.8 Å². The van der Waals surface area contributed by atoms with Crippen molar-refractivity contribution in [2.75, 3.05) is 17.2 Å². The van der Waals surface area contributed by atoms with Gasteiger partial charge in [-0.05, 0) is 43.5 Å². The summed E-state index contributed by atoms with van der Waals surface area (Å²) < 4.78 is 32.3. The number of hydrogen-bond donors (Lipinski definition) is 2. The van der Waals surface area contributed by atoms with Gasteiger partial charge in [-0.15, -0.1) is 0 Å². The molecule has 2 aromatic rings. The van der Waals surface area contributed by atoms with Crippen molar-refractivity contribution in [1.29, 1.82) is 0 Å². The number of amides is 2.